The molecule has 4 atom stereocenters. The molecule has 0 spiro atoms. The zero-order valence-electron chi connectivity index (χ0n) is 14.3. The molecule has 1 rings (SSSR count). The topological polar surface area (TPSA) is 101 Å². The number of carboxylic acids is 1. The number of hydrogen-bond acceptors (Lipinski definition) is 3. The Kier molecular flexibility index (Phi) is 9.77. The summed E-state index contributed by atoms with van der Waals surface area (Å²) in [5.41, 5.74) is 5.93. The maximum absolute atomic E-state index is 12.1. The molecular formula is C18H29NO4P+. The Bertz CT molecular complexity index is 509. The first kappa shape index (κ1) is 20.8. The van der Waals surface area contributed by atoms with Gasteiger partial charge in [-0.25, -0.2) is 0 Å². The van der Waals surface area contributed by atoms with E-state index in [1.165, 1.54) is 0 Å². The SMILES string of the molecule is CCCCC(C(=O)O)C(C(CCCN)Cc1ccccc1)[P+](=O)O. The summed E-state index contributed by atoms with van der Waals surface area (Å²) in [7, 11) is -2.58. The molecule has 6 heteroatoms. The summed E-state index contributed by atoms with van der Waals surface area (Å²) in [4.78, 5) is 21.6. The van der Waals surface area contributed by atoms with E-state index in [4.69, 9.17) is 5.73 Å². The van der Waals surface area contributed by atoms with Crippen LogP contribution in [0.3, 0.4) is 0 Å². The summed E-state index contributed by atoms with van der Waals surface area (Å²) in [5.74, 6) is -1.93. The Morgan fingerprint density at radius 2 is 1.88 bits per heavy atom. The van der Waals surface area contributed by atoms with Crippen molar-refractivity contribution in [2.45, 2.75) is 51.1 Å². The van der Waals surface area contributed by atoms with Gasteiger partial charge in [0.2, 0.25) is 5.66 Å². The molecule has 0 saturated carbocycles. The fourth-order valence-electron chi connectivity index (χ4n) is 3.22. The van der Waals surface area contributed by atoms with Gasteiger partial charge in [-0.05, 0) is 42.4 Å². The normalized spacial score (nSPS) is 15.5. The molecule has 0 aliphatic carbocycles. The Morgan fingerprint density at radius 3 is 2.38 bits per heavy atom. The van der Waals surface area contributed by atoms with Gasteiger partial charge in [0.15, 0.2) is 0 Å². The second kappa shape index (κ2) is 11.3. The maximum atomic E-state index is 12.1. The number of hydrogen-bond donors (Lipinski definition) is 3. The first-order chi connectivity index (χ1) is 11.5. The molecule has 0 aliphatic rings. The molecule has 1 aromatic carbocycles. The molecule has 4 N–H and O–H groups in total. The van der Waals surface area contributed by atoms with Crippen LogP contribution in [0.25, 0.3) is 0 Å². The Labute approximate surface area is 145 Å². The van der Waals surface area contributed by atoms with Gasteiger partial charge in [0.25, 0.3) is 0 Å². The predicted octanol–water partition coefficient (Wildman–Crippen LogP) is 3.58. The van der Waals surface area contributed by atoms with Gasteiger partial charge >= 0.3 is 14.0 Å². The Hall–Kier alpha value is -1.29. The lowest BCUT2D eigenvalue weighted by Gasteiger charge is -2.23. The van der Waals surface area contributed by atoms with Crippen LogP contribution in [0.2, 0.25) is 0 Å². The largest absolute Gasteiger partial charge is 0.509 e. The van der Waals surface area contributed by atoms with Gasteiger partial charge in [-0.2, -0.15) is 4.89 Å². The molecular weight excluding hydrogens is 325 g/mol. The van der Waals surface area contributed by atoms with Crippen LogP contribution in [0.1, 0.15) is 44.6 Å². The highest BCUT2D eigenvalue weighted by atomic mass is 31.1. The van der Waals surface area contributed by atoms with Gasteiger partial charge in [0.1, 0.15) is 5.92 Å². The third kappa shape index (κ3) is 6.68. The molecule has 134 valence electrons. The summed E-state index contributed by atoms with van der Waals surface area (Å²) in [5, 5.41) is 9.60. The summed E-state index contributed by atoms with van der Waals surface area (Å²) in [6, 6.07) is 9.71. The minimum Gasteiger partial charge on any atom is -0.481 e. The van der Waals surface area contributed by atoms with Gasteiger partial charge in [0.05, 0.1) is 0 Å². The highest BCUT2D eigenvalue weighted by Crippen LogP contribution is 2.40. The van der Waals surface area contributed by atoms with Crippen LogP contribution in [0, 0.1) is 11.8 Å². The Morgan fingerprint density at radius 1 is 1.21 bits per heavy atom. The third-order valence-corrected chi connectivity index (χ3v) is 5.75. The number of unbranched alkanes of at least 4 members (excludes halogenated alkanes) is 1. The van der Waals surface area contributed by atoms with Crippen molar-refractivity contribution in [2.24, 2.45) is 17.6 Å². The number of benzene rings is 1. The lowest BCUT2D eigenvalue weighted by molar-refractivity contribution is -0.142. The van der Waals surface area contributed by atoms with Crippen LogP contribution < -0.4 is 5.73 Å². The van der Waals surface area contributed by atoms with E-state index >= 15 is 0 Å². The molecule has 4 unspecified atom stereocenters. The molecule has 1 aromatic rings. The molecule has 24 heavy (non-hydrogen) atoms. The van der Waals surface area contributed by atoms with Crippen LogP contribution in [0.5, 0.6) is 0 Å². The Balaban J connectivity index is 3.05. The van der Waals surface area contributed by atoms with E-state index in [1.807, 2.05) is 37.3 Å². The van der Waals surface area contributed by atoms with E-state index in [0.29, 0.717) is 25.8 Å². The summed E-state index contributed by atoms with van der Waals surface area (Å²) >= 11 is 0. The smallest absolute Gasteiger partial charge is 0.481 e. The van der Waals surface area contributed by atoms with E-state index in [1.54, 1.807) is 0 Å². The monoisotopic (exact) mass is 354 g/mol. The van der Waals surface area contributed by atoms with E-state index in [0.717, 1.165) is 24.8 Å². The van der Waals surface area contributed by atoms with Crippen LogP contribution in [0.4, 0.5) is 0 Å². The van der Waals surface area contributed by atoms with Crippen LogP contribution >= 0.6 is 8.03 Å². The predicted molar refractivity (Wildman–Crippen MR) is 96.2 cm³/mol. The quantitative estimate of drug-likeness (QED) is 0.498. The van der Waals surface area contributed by atoms with Crippen molar-refractivity contribution in [3.63, 3.8) is 0 Å². The van der Waals surface area contributed by atoms with Crippen molar-refractivity contribution in [2.75, 3.05) is 6.54 Å². The summed E-state index contributed by atoms with van der Waals surface area (Å²) in [6.07, 6.45) is 4.02. The van der Waals surface area contributed by atoms with Gasteiger partial charge in [-0.1, -0.05) is 50.1 Å². The first-order valence-corrected chi connectivity index (χ1v) is 9.91. The third-order valence-electron chi connectivity index (χ3n) is 4.46. The fraction of sp³-hybridized carbons (Fsp3) is 0.611. The van der Waals surface area contributed by atoms with E-state index < -0.39 is 25.6 Å². The molecule has 0 saturated heterocycles. The number of carbonyl (C=O) groups is 1. The van der Waals surface area contributed by atoms with Gasteiger partial charge in [-0.3, -0.25) is 4.79 Å². The van der Waals surface area contributed by atoms with E-state index in [2.05, 4.69) is 0 Å². The zero-order valence-corrected chi connectivity index (χ0v) is 15.2. The zero-order chi connectivity index (χ0) is 17.9. The standard InChI is InChI=1S/C18H28NO4P/c1-2-3-11-16(18(20)21)17(24(22)23)15(10-7-12-19)13-14-8-5-4-6-9-14/h4-6,8-9,15-17H,2-3,7,10-13,19H2,1H3,(H-,20,21,22,23)/p+1. The summed E-state index contributed by atoms with van der Waals surface area (Å²) in [6.45, 7) is 2.48. The highest BCUT2D eigenvalue weighted by Gasteiger charge is 2.46. The van der Waals surface area contributed by atoms with Crippen LogP contribution in [0.15, 0.2) is 30.3 Å². The number of aliphatic carboxylic acids is 1. The summed E-state index contributed by atoms with van der Waals surface area (Å²) < 4.78 is 12.1. The van der Waals surface area contributed by atoms with Crippen LogP contribution in [-0.4, -0.2) is 28.2 Å². The van der Waals surface area contributed by atoms with E-state index in [9.17, 15) is 19.4 Å². The number of rotatable bonds is 12. The van der Waals surface area contributed by atoms with Crippen molar-refractivity contribution in [3.8, 4) is 0 Å². The van der Waals surface area contributed by atoms with Crippen molar-refractivity contribution in [1.29, 1.82) is 0 Å². The van der Waals surface area contributed by atoms with Crippen molar-refractivity contribution in [3.05, 3.63) is 35.9 Å². The van der Waals surface area contributed by atoms with Crippen LogP contribution in [-0.2, 0) is 15.8 Å². The van der Waals surface area contributed by atoms with Crippen molar-refractivity contribution < 1.29 is 19.4 Å². The average molecular weight is 354 g/mol. The lowest BCUT2D eigenvalue weighted by Crippen LogP contribution is -2.33. The molecule has 0 heterocycles. The number of carboxylic acid groups (broad SMARTS) is 1. The fourth-order valence-corrected chi connectivity index (χ4v) is 4.42. The minimum atomic E-state index is -2.58. The molecule has 0 aromatic heterocycles. The molecule has 0 fully saturated rings. The molecule has 0 bridgehead atoms. The minimum absolute atomic E-state index is 0.164. The van der Waals surface area contributed by atoms with Gasteiger partial charge in [-0.15, -0.1) is 0 Å². The molecule has 0 aliphatic heterocycles. The van der Waals surface area contributed by atoms with Gasteiger partial charge in [0, 0.05) is 5.92 Å². The van der Waals surface area contributed by atoms with Crippen molar-refractivity contribution in [1.82, 2.24) is 0 Å². The average Bonchev–Trinajstić information content (AvgIpc) is 2.56. The van der Waals surface area contributed by atoms with E-state index in [-0.39, 0.29) is 5.92 Å². The highest BCUT2D eigenvalue weighted by molar-refractivity contribution is 7.39. The van der Waals surface area contributed by atoms with Gasteiger partial charge < -0.3 is 10.8 Å². The van der Waals surface area contributed by atoms with Crippen molar-refractivity contribution >= 4 is 14.0 Å². The molecule has 0 radical (unpaired) electrons. The molecule has 5 nitrogen and oxygen atoms in total. The molecule has 0 amide bonds. The second-order valence-corrected chi connectivity index (χ2v) is 7.46. The number of nitrogens with two attached hydrogens (primary N) is 1. The maximum Gasteiger partial charge on any atom is 0.509 e. The first-order valence-electron chi connectivity index (χ1n) is 8.63. The second-order valence-electron chi connectivity index (χ2n) is 6.26. The lowest BCUT2D eigenvalue weighted by atomic mass is 9.83.